The molecule has 7 heteroatoms. The van der Waals surface area contributed by atoms with Gasteiger partial charge in [-0.1, -0.05) is 0 Å². The van der Waals surface area contributed by atoms with Crippen molar-refractivity contribution in [2.24, 2.45) is 0 Å². The third-order valence-corrected chi connectivity index (χ3v) is 2.50. The molecule has 2 N–H and O–H groups in total. The molecule has 0 aliphatic rings. The molecule has 1 rings (SSSR count). The molecular weight excluding hydrogens is 238 g/mol. The highest BCUT2D eigenvalue weighted by atomic mass is 16.6. The largest absolute Gasteiger partial charge is 0.449 e. The van der Waals surface area contributed by atoms with E-state index >= 15 is 0 Å². The molecular formula is C11H17N3O4. The van der Waals surface area contributed by atoms with Gasteiger partial charge in [-0.3, -0.25) is 0 Å². The maximum Gasteiger partial charge on any atom is 0.422 e. The summed E-state index contributed by atoms with van der Waals surface area (Å²) in [4.78, 5) is 26.3. The van der Waals surface area contributed by atoms with Gasteiger partial charge in [0.15, 0.2) is 0 Å². The molecule has 0 fully saturated rings. The minimum absolute atomic E-state index is 0.0598. The van der Waals surface area contributed by atoms with Crippen LogP contribution in [0, 0.1) is 0 Å². The monoisotopic (exact) mass is 255 g/mol. The second kappa shape index (κ2) is 5.63. The lowest BCUT2D eigenvalue weighted by Crippen LogP contribution is -2.31. The summed E-state index contributed by atoms with van der Waals surface area (Å²) in [6.07, 6.45) is 0.973. The Labute approximate surface area is 105 Å². The van der Waals surface area contributed by atoms with Crippen molar-refractivity contribution in [2.75, 3.05) is 19.5 Å². The highest BCUT2D eigenvalue weighted by Gasteiger charge is 2.17. The van der Waals surface area contributed by atoms with Crippen LogP contribution >= 0.6 is 0 Å². The minimum Gasteiger partial charge on any atom is -0.449 e. The van der Waals surface area contributed by atoms with Crippen LogP contribution in [0.4, 0.5) is 10.6 Å². The van der Waals surface area contributed by atoms with Gasteiger partial charge in [-0.15, -0.1) is 0 Å². The lowest BCUT2D eigenvalue weighted by Gasteiger charge is -2.22. The zero-order valence-electron chi connectivity index (χ0n) is 10.7. The number of nitrogens with zero attached hydrogens (tertiary/aromatic N) is 2. The first kappa shape index (κ1) is 14.2. The summed E-state index contributed by atoms with van der Waals surface area (Å²) in [5.41, 5.74) is 4.17. The Hall–Kier alpha value is -1.89. The second-order valence-corrected chi connectivity index (χ2v) is 4.33. The van der Waals surface area contributed by atoms with Crippen LogP contribution in [-0.4, -0.2) is 35.0 Å². The molecule has 1 aromatic heterocycles. The third kappa shape index (κ3) is 3.85. The second-order valence-electron chi connectivity index (χ2n) is 4.33. The molecule has 0 saturated carbocycles. The Bertz CT molecular complexity index is 481. The first-order chi connectivity index (χ1) is 8.35. The van der Waals surface area contributed by atoms with Crippen LogP contribution in [0.5, 0.6) is 0 Å². The van der Waals surface area contributed by atoms with Gasteiger partial charge in [0, 0.05) is 19.7 Å². The van der Waals surface area contributed by atoms with Crippen molar-refractivity contribution >= 4 is 11.9 Å². The van der Waals surface area contributed by atoms with Gasteiger partial charge in [0.05, 0.1) is 12.2 Å². The van der Waals surface area contributed by atoms with Crippen molar-refractivity contribution in [3.63, 3.8) is 0 Å². The molecule has 0 unspecified atom stereocenters. The van der Waals surface area contributed by atoms with Gasteiger partial charge in [0.2, 0.25) is 0 Å². The number of anilines is 1. The molecule has 1 heterocycles. The van der Waals surface area contributed by atoms with Crippen LogP contribution in [0.2, 0.25) is 0 Å². The molecule has 18 heavy (non-hydrogen) atoms. The Morgan fingerprint density at radius 1 is 1.56 bits per heavy atom. The van der Waals surface area contributed by atoms with Crippen LogP contribution in [-0.2, 0) is 9.47 Å². The van der Waals surface area contributed by atoms with E-state index in [1.54, 1.807) is 7.11 Å². The third-order valence-electron chi connectivity index (χ3n) is 2.50. The van der Waals surface area contributed by atoms with E-state index in [4.69, 9.17) is 15.2 Å². The van der Waals surface area contributed by atoms with E-state index in [1.807, 2.05) is 13.8 Å². The van der Waals surface area contributed by atoms with Crippen molar-refractivity contribution in [3.8, 4) is 0 Å². The smallest absolute Gasteiger partial charge is 0.422 e. The van der Waals surface area contributed by atoms with Gasteiger partial charge in [-0.25, -0.2) is 14.2 Å². The molecule has 0 aliphatic heterocycles. The van der Waals surface area contributed by atoms with Crippen LogP contribution < -0.4 is 11.4 Å². The molecule has 0 aromatic carbocycles. The summed E-state index contributed by atoms with van der Waals surface area (Å²) in [6, 6.07) is 1.35. The molecule has 0 bridgehead atoms. The SMILES string of the molecule is COC(C)(C)CCOC(=O)n1ccc(N)nc1=O. The van der Waals surface area contributed by atoms with Gasteiger partial charge in [-0.2, -0.15) is 4.98 Å². The topological polar surface area (TPSA) is 96.4 Å². The van der Waals surface area contributed by atoms with Crippen LogP contribution in [0.25, 0.3) is 0 Å². The Morgan fingerprint density at radius 2 is 2.22 bits per heavy atom. The van der Waals surface area contributed by atoms with Crippen LogP contribution in [0.15, 0.2) is 17.1 Å². The maximum atomic E-state index is 11.6. The predicted octanol–water partition coefficient (Wildman–Crippen LogP) is 0.625. The number of hydrogen-bond acceptors (Lipinski definition) is 6. The molecule has 0 aliphatic carbocycles. The van der Waals surface area contributed by atoms with Gasteiger partial charge in [-0.05, 0) is 19.9 Å². The van der Waals surface area contributed by atoms with E-state index < -0.39 is 11.8 Å². The summed E-state index contributed by atoms with van der Waals surface area (Å²) >= 11 is 0. The fourth-order valence-electron chi connectivity index (χ4n) is 1.11. The standard InChI is InChI=1S/C11H17N3O4/c1-11(2,17-3)5-7-18-10(16)14-6-4-8(12)13-9(14)15/h4,6H,5,7H2,1-3H3,(H2,12,13,15). The quantitative estimate of drug-likeness (QED) is 0.847. The number of aromatic nitrogens is 2. The van der Waals surface area contributed by atoms with Crippen molar-refractivity contribution < 1.29 is 14.3 Å². The molecule has 1 aromatic rings. The van der Waals surface area contributed by atoms with E-state index in [0.717, 1.165) is 4.57 Å². The summed E-state index contributed by atoms with van der Waals surface area (Å²) in [6.45, 7) is 3.89. The molecule has 0 radical (unpaired) electrons. The number of carbonyl (C=O) groups is 1. The lowest BCUT2D eigenvalue weighted by molar-refractivity contribution is 0.000202. The summed E-state index contributed by atoms with van der Waals surface area (Å²) < 4.78 is 10.9. The highest BCUT2D eigenvalue weighted by molar-refractivity contribution is 5.70. The first-order valence-corrected chi connectivity index (χ1v) is 5.43. The van der Waals surface area contributed by atoms with Crippen LogP contribution in [0.1, 0.15) is 20.3 Å². The van der Waals surface area contributed by atoms with Gasteiger partial charge in [0.25, 0.3) is 0 Å². The summed E-state index contributed by atoms with van der Waals surface area (Å²) in [7, 11) is 1.58. The van der Waals surface area contributed by atoms with E-state index in [9.17, 15) is 9.59 Å². The fraction of sp³-hybridized carbons (Fsp3) is 0.545. The normalized spacial score (nSPS) is 11.3. The van der Waals surface area contributed by atoms with E-state index in [-0.39, 0.29) is 18.0 Å². The highest BCUT2D eigenvalue weighted by Crippen LogP contribution is 2.12. The Kier molecular flexibility index (Phi) is 4.43. The average molecular weight is 255 g/mol. The van der Waals surface area contributed by atoms with Crippen molar-refractivity contribution in [2.45, 2.75) is 25.9 Å². The maximum absolute atomic E-state index is 11.6. The number of rotatable bonds is 4. The van der Waals surface area contributed by atoms with Gasteiger partial charge < -0.3 is 15.2 Å². The molecule has 0 spiro atoms. The Morgan fingerprint density at radius 3 is 2.78 bits per heavy atom. The molecule has 0 atom stereocenters. The number of ether oxygens (including phenoxy) is 2. The number of methoxy groups -OCH3 is 1. The molecule has 100 valence electrons. The van der Waals surface area contributed by atoms with Crippen LogP contribution in [0.3, 0.4) is 0 Å². The van der Waals surface area contributed by atoms with Gasteiger partial charge >= 0.3 is 11.8 Å². The molecule has 0 amide bonds. The lowest BCUT2D eigenvalue weighted by atomic mass is 10.1. The van der Waals surface area contributed by atoms with E-state index in [1.165, 1.54) is 12.3 Å². The molecule has 0 saturated heterocycles. The zero-order chi connectivity index (χ0) is 13.8. The van der Waals surface area contributed by atoms with Crippen molar-refractivity contribution in [1.29, 1.82) is 0 Å². The summed E-state index contributed by atoms with van der Waals surface area (Å²) in [5, 5.41) is 0. The number of nitrogen functional groups attached to an aromatic ring is 1. The summed E-state index contributed by atoms with van der Waals surface area (Å²) in [5.74, 6) is 0.0598. The average Bonchev–Trinajstić information content (AvgIpc) is 2.28. The van der Waals surface area contributed by atoms with Gasteiger partial charge in [0.1, 0.15) is 5.82 Å². The zero-order valence-corrected chi connectivity index (χ0v) is 10.7. The number of carbonyl (C=O) groups excluding carboxylic acids is 1. The van der Waals surface area contributed by atoms with Crippen molar-refractivity contribution in [3.05, 3.63) is 22.7 Å². The van der Waals surface area contributed by atoms with Crippen molar-refractivity contribution in [1.82, 2.24) is 9.55 Å². The predicted molar refractivity (Wildman–Crippen MR) is 65.4 cm³/mol. The van der Waals surface area contributed by atoms with E-state index in [0.29, 0.717) is 6.42 Å². The molecule has 7 nitrogen and oxygen atoms in total. The number of nitrogens with two attached hydrogens (primary N) is 1. The Balaban J connectivity index is 2.59. The van der Waals surface area contributed by atoms with E-state index in [2.05, 4.69) is 4.98 Å². The fourth-order valence-corrected chi connectivity index (χ4v) is 1.11. The first-order valence-electron chi connectivity index (χ1n) is 5.43. The number of hydrogen-bond donors (Lipinski definition) is 1. The minimum atomic E-state index is -0.778.